The fourth-order valence-electron chi connectivity index (χ4n) is 1.80. The first-order chi connectivity index (χ1) is 8.47. The van der Waals surface area contributed by atoms with E-state index in [0.717, 1.165) is 13.0 Å². The highest BCUT2D eigenvalue weighted by Gasteiger charge is 2.26. The fourth-order valence-corrected chi connectivity index (χ4v) is 3.18. The molecule has 0 saturated heterocycles. The van der Waals surface area contributed by atoms with Crippen molar-refractivity contribution in [2.75, 3.05) is 33.7 Å². The summed E-state index contributed by atoms with van der Waals surface area (Å²) in [4.78, 5) is 0. The minimum Gasteiger partial charge on any atom is -0.314 e. The van der Waals surface area contributed by atoms with E-state index in [4.69, 9.17) is 0 Å². The van der Waals surface area contributed by atoms with E-state index in [0.29, 0.717) is 19.1 Å². The summed E-state index contributed by atoms with van der Waals surface area (Å²) in [7, 11) is -0.0490. The third kappa shape index (κ3) is 7.87. The van der Waals surface area contributed by atoms with Gasteiger partial charge in [-0.15, -0.1) is 0 Å². The maximum Gasteiger partial charge on any atom is 0.281 e. The molecule has 0 bridgehead atoms. The summed E-state index contributed by atoms with van der Waals surface area (Å²) in [5.41, 5.74) is -0.0398. The number of hydrogen-bond acceptors (Lipinski definition) is 3. The van der Waals surface area contributed by atoms with Gasteiger partial charge in [0, 0.05) is 33.2 Å². The second-order valence-corrected chi connectivity index (χ2v) is 8.75. The summed E-state index contributed by atoms with van der Waals surface area (Å²) in [6.07, 6.45) is 0.817. The van der Waals surface area contributed by atoms with Crippen LogP contribution in [0.15, 0.2) is 0 Å². The Bertz CT molecular complexity index is 347. The van der Waals surface area contributed by atoms with E-state index in [2.05, 4.69) is 19.2 Å². The van der Waals surface area contributed by atoms with Crippen molar-refractivity contribution in [2.24, 2.45) is 5.41 Å². The Morgan fingerprint density at radius 1 is 1.11 bits per heavy atom. The first-order valence-corrected chi connectivity index (χ1v) is 8.27. The van der Waals surface area contributed by atoms with E-state index >= 15 is 0 Å². The highest BCUT2D eigenvalue weighted by Crippen LogP contribution is 2.17. The van der Waals surface area contributed by atoms with Gasteiger partial charge in [0.2, 0.25) is 0 Å². The van der Waals surface area contributed by atoms with Crippen LogP contribution in [0.4, 0.5) is 0 Å². The van der Waals surface area contributed by atoms with Crippen molar-refractivity contribution in [1.82, 2.24) is 13.9 Å². The quantitative estimate of drug-likeness (QED) is 0.691. The van der Waals surface area contributed by atoms with Crippen LogP contribution >= 0.6 is 0 Å². The van der Waals surface area contributed by atoms with Crippen molar-refractivity contribution in [3.8, 4) is 0 Å². The average Bonchev–Trinajstić information content (AvgIpc) is 2.21. The van der Waals surface area contributed by atoms with Crippen molar-refractivity contribution < 1.29 is 8.42 Å². The lowest BCUT2D eigenvalue weighted by molar-refractivity contribution is 0.293. The molecule has 0 aliphatic heterocycles. The summed E-state index contributed by atoms with van der Waals surface area (Å²) < 4.78 is 27.4. The number of hydrogen-bond donors (Lipinski definition) is 1. The predicted molar refractivity (Wildman–Crippen MR) is 81.4 cm³/mol. The van der Waals surface area contributed by atoms with Crippen molar-refractivity contribution in [2.45, 2.75) is 47.1 Å². The Labute approximate surface area is 119 Å². The normalized spacial score (nSPS) is 13.8. The van der Waals surface area contributed by atoms with Crippen LogP contribution in [-0.4, -0.2) is 56.8 Å². The van der Waals surface area contributed by atoms with Crippen LogP contribution in [0.1, 0.15) is 41.0 Å². The van der Waals surface area contributed by atoms with Gasteiger partial charge in [0.25, 0.3) is 10.2 Å². The first-order valence-electron chi connectivity index (χ1n) is 6.88. The molecule has 0 aliphatic carbocycles. The van der Waals surface area contributed by atoms with Crippen molar-refractivity contribution >= 4 is 10.2 Å². The van der Waals surface area contributed by atoms with E-state index in [1.54, 1.807) is 14.1 Å². The van der Waals surface area contributed by atoms with E-state index in [9.17, 15) is 8.42 Å². The second-order valence-electron chi connectivity index (χ2n) is 6.61. The van der Waals surface area contributed by atoms with Crippen LogP contribution in [-0.2, 0) is 10.2 Å². The molecule has 0 fully saturated rings. The van der Waals surface area contributed by atoms with Crippen LogP contribution in [0, 0.1) is 5.41 Å². The molecule has 6 heteroatoms. The Morgan fingerprint density at radius 3 is 2.05 bits per heavy atom. The SMILES string of the molecule is CC(C)NCCCN(C)S(=O)(=O)N(C)CC(C)(C)C. The lowest BCUT2D eigenvalue weighted by atomic mass is 9.97. The molecule has 0 radical (unpaired) electrons. The average molecular weight is 293 g/mol. The van der Waals surface area contributed by atoms with Gasteiger partial charge in [0.1, 0.15) is 0 Å². The lowest BCUT2D eigenvalue weighted by Crippen LogP contribution is -2.43. The number of nitrogens with zero attached hydrogens (tertiary/aromatic N) is 2. The van der Waals surface area contributed by atoms with E-state index in [-0.39, 0.29) is 5.41 Å². The van der Waals surface area contributed by atoms with Gasteiger partial charge in [0.15, 0.2) is 0 Å². The first kappa shape index (κ1) is 18.8. The van der Waals surface area contributed by atoms with Gasteiger partial charge in [-0.05, 0) is 18.4 Å². The van der Waals surface area contributed by atoms with Gasteiger partial charge in [-0.1, -0.05) is 34.6 Å². The molecular weight excluding hydrogens is 262 g/mol. The van der Waals surface area contributed by atoms with E-state index in [1.165, 1.54) is 8.61 Å². The maximum absolute atomic E-state index is 12.3. The predicted octanol–water partition coefficient (Wildman–Crippen LogP) is 1.53. The third-order valence-electron chi connectivity index (χ3n) is 2.69. The molecule has 19 heavy (non-hydrogen) atoms. The zero-order chi connectivity index (χ0) is 15.3. The summed E-state index contributed by atoms with van der Waals surface area (Å²) in [5, 5.41) is 3.28. The molecular formula is C13H31N3O2S. The minimum absolute atomic E-state index is 0.0398. The third-order valence-corrected chi connectivity index (χ3v) is 4.57. The van der Waals surface area contributed by atoms with Gasteiger partial charge in [-0.3, -0.25) is 0 Å². The van der Waals surface area contributed by atoms with Crippen molar-refractivity contribution in [1.29, 1.82) is 0 Å². The summed E-state index contributed by atoms with van der Waals surface area (Å²) >= 11 is 0. The molecule has 0 aliphatic rings. The fraction of sp³-hybridized carbons (Fsp3) is 1.00. The largest absolute Gasteiger partial charge is 0.314 e. The number of rotatable bonds is 8. The topological polar surface area (TPSA) is 52.7 Å². The van der Waals surface area contributed by atoms with Crippen LogP contribution in [0.25, 0.3) is 0 Å². The molecule has 0 atom stereocenters. The molecule has 1 N–H and O–H groups in total. The van der Waals surface area contributed by atoms with Gasteiger partial charge in [-0.25, -0.2) is 0 Å². The highest BCUT2D eigenvalue weighted by atomic mass is 32.2. The van der Waals surface area contributed by atoms with Gasteiger partial charge in [-0.2, -0.15) is 17.0 Å². The van der Waals surface area contributed by atoms with Crippen molar-refractivity contribution in [3.05, 3.63) is 0 Å². The molecule has 0 aromatic carbocycles. The van der Waals surface area contributed by atoms with E-state index < -0.39 is 10.2 Å². The Hall–Kier alpha value is -0.170. The van der Waals surface area contributed by atoms with Gasteiger partial charge >= 0.3 is 0 Å². The molecule has 0 spiro atoms. The molecule has 0 unspecified atom stereocenters. The molecule has 0 aromatic heterocycles. The maximum atomic E-state index is 12.3. The van der Waals surface area contributed by atoms with Crippen LogP contribution in [0.5, 0.6) is 0 Å². The zero-order valence-corrected chi connectivity index (χ0v) is 14.3. The molecule has 5 nitrogen and oxygen atoms in total. The molecule has 0 aromatic rings. The second kappa shape index (κ2) is 7.57. The lowest BCUT2D eigenvalue weighted by Gasteiger charge is -2.29. The summed E-state index contributed by atoms with van der Waals surface area (Å²) in [6.45, 7) is 12.2. The van der Waals surface area contributed by atoms with Crippen LogP contribution in [0.2, 0.25) is 0 Å². The smallest absolute Gasteiger partial charge is 0.281 e. The molecule has 0 saturated carbocycles. The van der Waals surface area contributed by atoms with Gasteiger partial charge in [0.05, 0.1) is 0 Å². The summed E-state index contributed by atoms with van der Waals surface area (Å²) in [6, 6.07) is 0.436. The molecule has 0 amide bonds. The molecule has 0 heterocycles. The number of nitrogens with one attached hydrogen (secondary N) is 1. The Balaban J connectivity index is 4.32. The van der Waals surface area contributed by atoms with Crippen LogP contribution < -0.4 is 5.32 Å². The zero-order valence-electron chi connectivity index (χ0n) is 13.5. The van der Waals surface area contributed by atoms with Crippen molar-refractivity contribution in [3.63, 3.8) is 0 Å². The monoisotopic (exact) mass is 293 g/mol. The standard InChI is InChI=1S/C13H31N3O2S/c1-12(2)14-9-8-10-15(6)19(17,18)16(7)11-13(3,4)5/h12,14H,8-11H2,1-7H3. The van der Waals surface area contributed by atoms with E-state index in [1.807, 2.05) is 20.8 Å². The Kier molecular flexibility index (Phi) is 7.50. The van der Waals surface area contributed by atoms with Gasteiger partial charge < -0.3 is 5.32 Å². The Morgan fingerprint density at radius 2 is 1.63 bits per heavy atom. The molecule has 116 valence electrons. The minimum atomic E-state index is -3.33. The van der Waals surface area contributed by atoms with Crippen LogP contribution in [0.3, 0.4) is 0 Å². The highest BCUT2D eigenvalue weighted by molar-refractivity contribution is 7.86. The molecule has 0 rings (SSSR count). The summed E-state index contributed by atoms with van der Waals surface area (Å²) in [5.74, 6) is 0.